The molecule has 2 rings (SSSR count). The smallest absolute Gasteiger partial charge is 0.0225 e. The lowest BCUT2D eigenvalue weighted by Crippen LogP contribution is -1.86. The molecule has 0 radical (unpaired) electrons. The normalized spacial score (nSPS) is 14.9. The quantitative estimate of drug-likeness (QED) is 0.569. The highest BCUT2D eigenvalue weighted by Crippen LogP contribution is 2.20. The van der Waals surface area contributed by atoms with E-state index >= 15 is 0 Å². The largest absolute Gasteiger partial charge is 0.0888 e. The van der Waals surface area contributed by atoms with Gasteiger partial charge in [-0.3, -0.25) is 0 Å². The van der Waals surface area contributed by atoms with Crippen LogP contribution in [0.5, 0.6) is 0 Å². The Bertz CT molecular complexity index is 348. The summed E-state index contributed by atoms with van der Waals surface area (Å²) in [6.45, 7) is 0. The van der Waals surface area contributed by atoms with Gasteiger partial charge in [0.05, 0.1) is 0 Å². The second-order valence-corrected chi connectivity index (χ2v) is 3.33. The molecule has 0 atom stereocenters. The first kappa shape index (κ1) is 7.63. The van der Waals surface area contributed by atoms with Crippen molar-refractivity contribution in [3.8, 4) is 0 Å². The van der Waals surface area contributed by atoms with E-state index in [0.717, 1.165) is 11.5 Å². The van der Waals surface area contributed by atoms with Crippen molar-refractivity contribution < 1.29 is 0 Å². The van der Waals surface area contributed by atoms with Crippen LogP contribution in [-0.4, -0.2) is 0 Å². The predicted molar refractivity (Wildman–Crippen MR) is 53.1 cm³/mol. The average molecular weight is 177 g/mol. The van der Waals surface area contributed by atoms with Gasteiger partial charge in [0.2, 0.25) is 0 Å². The molecule has 0 heterocycles. The van der Waals surface area contributed by atoms with E-state index in [0.29, 0.717) is 0 Å². The minimum atomic E-state index is 0.852. The molecule has 0 unspecified atom stereocenters. The van der Waals surface area contributed by atoms with Crippen molar-refractivity contribution in [2.75, 3.05) is 0 Å². The Hall–Kier alpha value is -1.01. The SMILES string of the molecule is ClC1=CC=Cc2ccccc2C1. The van der Waals surface area contributed by atoms with Crippen LogP contribution in [0.25, 0.3) is 6.08 Å². The Morgan fingerprint density at radius 2 is 2.00 bits per heavy atom. The summed E-state index contributed by atoms with van der Waals surface area (Å²) < 4.78 is 0. The summed E-state index contributed by atoms with van der Waals surface area (Å²) in [4.78, 5) is 0. The summed E-state index contributed by atoms with van der Waals surface area (Å²) in [6.07, 6.45) is 6.88. The van der Waals surface area contributed by atoms with Crippen molar-refractivity contribution in [2.45, 2.75) is 6.42 Å². The maximum absolute atomic E-state index is 5.96. The molecule has 60 valence electrons. The summed E-state index contributed by atoms with van der Waals surface area (Å²) in [6, 6.07) is 8.31. The first-order chi connectivity index (χ1) is 5.86. The van der Waals surface area contributed by atoms with E-state index in [-0.39, 0.29) is 0 Å². The second-order valence-electron chi connectivity index (χ2n) is 2.85. The summed E-state index contributed by atoms with van der Waals surface area (Å²) in [5, 5.41) is 0.899. The Morgan fingerprint density at radius 1 is 1.17 bits per heavy atom. The molecule has 0 amide bonds. The minimum Gasteiger partial charge on any atom is -0.0888 e. The van der Waals surface area contributed by atoms with Crippen molar-refractivity contribution in [3.05, 3.63) is 52.6 Å². The van der Waals surface area contributed by atoms with Gasteiger partial charge in [-0.15, -0.1) is 0 Å². The van der Waals surface area contributed by atoms with Crippen LogP contribution in [0.2, 0.25) is 0 Å². The van der Waals surface area contributed by atoms with Crippen LogP contribution >= 0.6 is 11.6 Å². The molecular weight excluding hydrogens is 168 g/mol. The van der Waals surface area contributed by atoms with Gasteiger partial charge in [0.25, 0.3) is 0 Å². The number of halogens is 1. The Kier molecular flexibility index (Phi) is 2.01. The lowest BCUT2D eigenvalue weighted by molar-refractivity contribution is 1.24. The van der Waals surface area contributed by atoms with Gasteiger partial charge in [-0.05, 0) is 17.2 Å². The highest BCUT2D eigenvalue weighted by molar-refractivity contribution is 6.30. The molecule has 0 aliphatic heterocycles. The first-order valence-corrected chi connectivity index (χ1v) is 4.35. The monoisotopic (exact) mass is 176 g/mol. The van der Waals surface area contributed by atoms with Crippen LogP contribution in [0.4, 0.5) is 0 Å². The lowest BCUT2D eigenvalue weighted by atomic mass is 10.1. The van der Waals surface area contributed by atoms with E-state index in [1.807, 2.05) is 24.3 Å². The van der Waals surface area contributed by atoms with E-state index in [9.17, 15) is 0 Å². The molecule has 1 aliphatic carbocycles. The highest BCUT2D eigenvalue weighted by Gasteiger charge is 2.02. The zero-order valence-electron chi connectivity index (χ0n) is 6.63. The fourth-order valence-corrected chi connectivity index (χ4v) is 1.57. The molecule has 12 heavy (non-hydrogen) atoms. The maximum atomic E-state index is 5.96. The number of hydrogen-bond acceptors (Lipinski definition) is 0. The number of allylic oxidation sites excluding steroid dienone is 3. The molecule has 1 aliphatic rings. The summed E-state index contributed by atoms with van der Waals surface area (Å²) in [5.41, 5.74) is 2.57. The molecule has 0 nitrogen and oxygen atoms in total. The third-order valence-electron chi connectivity index (χ3n) is 1.97. The minimum absolute atomic E-state index is 0.852. The molecule has 1 aromatic carbocycles. The first-order valence-electron chi connectivity index (χ1n) is 3.97. The number of rotatable bonds is 0. The molecule has 0 bridgehead atoms. The van der Waals surface area contributed by atoms with Crippen LogP contribution in [0.3, 0.4) is 0 Å². The summed E-state index contributed by atoms with van der Waals surface area (Å²) >= 11 is 5.96. The van der Waals surface area contributed by atoms with E-state index in [1.165, 1.54) is 11.1 Å². The van der Waals surface area contributed by atoms with Gasteiger partial charge in [0.15, 0.2) is 0 Å². The van der Waals surface area contributed by atoms with Crippen LogP contribution in [0.1, 0.15) is 11.1 Å². The lowest BCUT2D eigenvalue weighted by Gasteiger charge is -2.01. The van der Waals surface area contributed by atoms with E-state index in [4.69, 9.17) is 11.6 Å². The van der Waals surface area contributed by atoms with Gasteiger partial charge in [-0.1, -0.05) is 48.0 Å². The molecule has 0 spiro atoms. The fourth-order valence-electron chi connectivity index (χ4n) is 1.35. The third kappa shape index (κ3) is 1.44. The fraction of sp³-hybridized carbons (Fsp3) is 0.0909. The van der Waals surface area contributed by atoms with Gasteiger partial charge in [-0.2, -0.15) is 0 Å². The van der Waals surface area contributed by atoms with Crippen molar-refractivity contribution in [3.63, 3.8) is 0 Å². The van der Waals surface area contributed by atoms with Gasteiger partial charge in [-0.25, -0.2) is 0 Å². The van der Waals surface area contributed by atoms with E-state index < -0.39 is 0 Å². The van der Waals surface area contributed by atoms with Crippen LogP contribution in [0, 0.1) is 0 Å². The van der Waals surface area contributed by atoms with Gasteiger partial charge in [0.1, 0.15) is 0 Å². The van der Waals surface area contributed by atoms with Crippen LogP contribution in [0.15, 0.2) is 41.4 Å². The summed E-state index contributed by atoms with van der Waals surface area (Å²) in [7, 11) is 0. The second kappa shape index (κ2) is 3.16. The molecule has 0 fully saturated rings. The Labute approximate surface area is 77.2 Å². The zero-order valence-corrected chi connectivity index (χ0v) is 7.38. The maximum Gasteiger partial charge on any atom is 0.0225 e. The number of hydrogen-bond donors (Lipinski definition) is 0. The molecule has 0 saturated carbocycles. The standard InChI is InChI=1S/C11H9Cl/c12-11-7-3-6-9-4-1-2-5-10(9)8-11/h1-7H,8H2. The van der Waals surface area contributed by atoms with Crippen molar-refractivity contribution >= 4 is 17.7 Å². The molecule has 0 saturated heterocycles. The van der Waals surface area contributed by atoms with E-state index in [2.05, 4.69) is 18.2 Å². The zero-order chi connectivity index (χ0) is 8.39. The van der Waals surface area contributed by atoms with Crippen LogP contribution < -0.4 is 0 Å². The number of benzene rings is 1. The molecule has 1 aromatic rings. The van der Waals surface area contributed by atoms with Crippen molar-refractivity contribution in [2.24, 2.45) is 0 Å². The molecule has 0 aromatic heterocycles. The summed E-state index contributed by atoms with van der Waals surface area (Å²) in [5.74, 6) is 0. The Morgan fingerprint density at radius 3 is 2.92 bits per heavy atom. The highest BCUT2D eigenvalue weighted by atomic mass is 35.5. The van der Waals surface area contributed by atoms with Gasteiger partial charge in [0, 0.05) is 11.5 Å². The van der Waals surface area contributed by atoms with Crippen LogP contribution in [-0.2, 0) is 6.42 Å². The predicted octanol–water partition coefficient (Wildman–Crippen LogP) is 3.38. The van der Waals surface area contributed by atoms with E-state index in [1.54, 1.807) is 0 Å². The molecule has 1 heteroatoms. The third-order valence-corrected chi connectivity index (χ3v) is 2.23. The van der Waals surface area contributed by atoms with Crippen molar-refractivity contribution in [1.29, 1.82) is 0 Å². The number of fused-ring (bicyclic) bond motifs is 1. The topological polar surface area (TPSA) is 0 Å². The van der Waals surface area contributed by atoms with Gasteiger partial charge >= 0.3 is 0 Å². The Balaban J connectivity index is 2.49. The van der Waals surface area contributed by atoms with Gasteiger partial charge < -0.3 is 0 Å². The molecule has 0 N–H and O–H groups in total. The van der Waals surface area contributed by atoms with Crippen molar-refractivity contribution in [1.82, 2.24) is 0 Å². The molecular formula is C11H9Cl. The average Bonchev–Trinajstić information content (AvgIpc) is 2.25.